The van der Waals surface area contributed by atoms with Crippen LogP contribution in [0.5, 0.6) is 0 Å². The third-order valence-corrected chi connectivity index (χ3v) is 6.11. The standard InChI is InChI=1S/C21H34N2O2/c1-2-3-7-17-9-11-18(12-10-17)21(24)22-16-19(20-8-6-15-25-20)23-13-4-5-14-23/h6,8,15,17-19H,2-5,7,9-14,16H2,1H3,(H,22,24)/t17?,18?,19-/m1/s1. The fourth-order valence-corrected chi connectivity index (χ4v) is 4.49. The molecule has 1 aromatic heterocycles. The van der Waals surface area contributed by atoms with E-state index in [1.165, 1.54) is 44.9 Å². The molecule has 1 atom stereocenters. The van der Waals surface area contributed by atoms with Crippen molar-refractivity contribution < 1.29 is 9.21 Å². The number of carbonyl (C=O) groups is 1. The number of nitrogens with one attached hydrogen (secondary N) is 1. The lowest BCUT2D eigenvalue weighted by molar-refractivity contribution is -0.126. The molecule has 0 unspecified atom stereocenters. The maximum absolute atomic E-state index is 12.6. The second kappa shape index (κ2) is 9.42. The van der Waals surface area contributed by atoms with Crippen molar-refractivity contribution in [2.45, 2.75) is 70.8 Å². The van der Waals surface area contributed by atoms with E-state index in [2.05, 4.69) is 17.1 Å². The molecule has 0 spiro atoms. The first-order valence-electron chi connectivity index (χ1n) is 10.3. The summed E-state index contributed by atoms with van der Waals surface area (Å²) in [5.41, 5.74) is 0. The molecule has 3 rings (SSSR count). The van der Waals surface area contributed by atoms with Gasteiger partial charge in [-0.3, -0.25) is 9.69 Å². The molecule has 1 saturated heterocycles. The molecule has 2 fully saturated rings. The molecule has 4 nitrogen and oxygen atoms in total. The van der Waals surface area contributed by atoms with Crippen LogP contribution in [0.3, 0.4) is 0 Å². The smallest absolute Gasteiger partial charge is 0.223 e. The van der Waals surface area contributed by atoms with Crippen LogP contribution < -0.4 is 5.32 Å². The van der Waals surface area contributed by atoms with Gasteiger partial charge in [-0.25, -0.2) is 0 Å². The molecule has 4 heteroatoms. The molecule has 1 aromatic rings. The van der Waals surface area contributed by atoms with Crippen molar-refractivity contribution in [3.05, 3.63) is 24.2 Å². The number of unbranched alkanes of at least 4 members (excludes halogenated alkanes) is 1. The third-order valence-electron chi connectivity index (χ3n) is 6.11. The van der Waals surface area contributed by atoms with Gasteiger partial charge in [0.2, 0.25) is 5.91 Å². The summed E-state index contributed by atoms with van der Waals surface area (Å²) in [7, 11) is 0. The first-order valence-corrected chi connectivity index (χ1v) is 10.3. The maximum atomic E-state index is 12.6. The van der Waals surface area contributed by atoms with Gasteiger partial charge >= 0.3 is 0 Å². The van der Waals surface area contributed by atoms with Gasteiger partial charge in [0, 0.05) is 12.5 Å². The lowest BCUT2D eigenvalue weighted by atomic mass is 9.79. The first kappa shape index (κ1) is 18.5. The Hall–Kier alpha value is -1.29. The van der Waals surface area contributed by atoms with Gasteiger partial charge in [-0.1, -0.05) is 26.2 Å². The van der Waals surface area contributed by atoms with Crippen LogP contribution in [0.1, 0.15) is 76.5 Å². The minimum Gasteiger partial charge on any atom is -0.468 e. The second-order valence-corrected chi connectivity index (χ2v) is 7.88. The molecule has 1 N–H and O–H groups in total. The van der Waals surface area contributed by atoms with Crippen molar-refractivity contribution in [2.24, 2.45) is 11.8 Å². The average Bonchev–Trinajstić information content (AvgIpc) is 3.35. The fourth-order valence-electron chi connectivity index (χ4n) is 4.49. The summed E-state index contributed by atoms with van der Waals surface area (Å²) in [5, 5.41) is 3.24. The molecule has 2 aliphatic rings. The summed E-state index contributed by atoms with van der Waals surface area (Å²) in [6.07, 6.45) is 12.8. The fraction of sp³-hybridized carbons (Fsp3) is 0.762. The van der Waals surface area contributed by atoms with Crippen LogP contribution in [0.25, 0.3) is 0 Å². The first-order chi connectivity index (χ1) is 12.3. The third kappa shape index (κ3) is 5.10. The Morgan fingerprint density at radius 3 is 2.68 bits per heavy atom. The summed E-state index contributed by atoms with van der Waals surface area (Å²) in [6, 6.07) is 4.16. The predicted octanol–water partition coefficient (Wildman–Crippen LogP) is 4.53. The number of hydrogen-bond donors (Lipinski definition) is 1. The minimum absolute atomic E-state index is 0.183. The Morgan fingerprint density at radius 1 is 1.28 bits per heavy atom. The van der Waals surface area contributed by atoms with E-state index < -0.39 is 0 Å². The zero-order chi connectivity index (χ0) is 17.5. The monoisotopic (exact) mass is 346 g/mol. The van der Waals surface area contributed by atoms with Crippen molar-refractivity contribution in [1.82, 2.24) is 10.2 Å². The van der Waals surface area contributed by atoms with Crippen molar-refractivity contribution in [3.63, 3.8) is 0 Å². The van der Waals surface area contributed by atoms with E-state index in [9.17, 15) is 4.79 Å². The molecule has 2 heterocycles. The molecule has 1 aliphatic heterocycles. The lowest BCUT2D eigenvalue weighted by Gasteiger charge is -2.30. The summed E-state index contributed by atoms with van der Waals surface area (Å²) >= 11 is 0. The van der Waals surface area contributed by atoms with Crippen molar-refractivity contribution >= 4 is 5.91 Å². The van der Waals surface area contributed by atoms with Gasteiger partial charge in [0.15, 0.2) is 0 Å². The number of hydrogen-bond acceptors (Lipinski definition) is 3. The maximum Gasteiger partial charge on any atom is 0.223 e. The van der Waals surface area contributed by atoms with Gasteiger partial charge in [-0.05, 0) is 69.7 Å². The van der Waals surface area contributed by atoms with E-state index in [0.29, 0.717) is 6.54 Å². The summed E-state index contributed by atoms with van der Waals surface area (Å²) in [6.45, 7) is 5.13. The number of likely N-dealkylation sites (tertiary alicyclic amines) is 1. The van der Waals surface area contributed by atoms with Gasteiger partial charge in [0.1, 0.15) is 5.76 Å². The van der Waals surface area contributed by atoms with Crippen molar-refractivity contribution in [2.75, 3.05) is 19.6 Å². The minimum atomic E-state index is 0.183. The molecule has 1 aliphatic carbocycles. The van der Waals surface area contributed by atoms with Crippen LogP contribution in [0.2, 0.25) is 0 Å². The molecule has 0 bridgehead atoms. The quantitative estimate of drug-likeness (QED) is 0.752. The molecule has 1 saturated carbocycles. The zero-order valence-electron chi connectivity index (χ0n) is 15.7. The van der Waals surface area contributed by atoms with Gasteiger partial charge in [0.05, 0.1) is 12.3 Å². The molecule has 0 aromatic carbocycles. The van der Waals surface area contributed by atoms with Crippen LogP contribution >= 0.6 is 0 Å². The normalized spacial score (nSPS) is 25.8. The highest BCUT2D eigenvalue weighted by molar-refractivity contribution is 5.78. The van der Waals surface area contributed by atoms with E-state index >= 15 is 0 Å². The molecule has 0 radical (unpaired) electrons. The number of nitrogens with zero attached hydrogens (tertiary/aromatic N) is 1. The Bertz CT molecular complexity index is 500. The molecular formula is C21H34N2O2. The van der Waals surface area contributed by atoms with E-state index in [-0.39, 0.29) is 17.9 Å². The number of rotatable bonds is 8. The summed E-state index contributed by atoms with van der Waals surface area (Å²) in [5.74, 6) is 2.30. The highest BCUT2D eigenvalue weighted by Crippen LogP contribution is 2.32. The van der Waals surface area contributed by atoms with Crippen LogP contribution in [0, 0.1) is 11.8 Å². The Kier molecular flexibility index (Phi) is 6.97. The van der Waals surface area contributed by atoms with Crippen LogP contribution in [0.15, 0.2) is 22.8 Å². The molecule has 25 heavy (non-hydrogen) atoms. The predicted molar refractivity (Wildman–Crippen MR) is 100 cm³/mol. The van der Waals surface area contributed by atoms with Gasteiger partial charge in [0.25, 0.3) is 0 Å². The Morgan fingerprint density at radius 2 is 2.04 bits per heavy atom. The molecule has 1 amide bonds. The number of carbonyl (C=O) groups excluding carboxylic acids is 1. The highest BCUT2D eigenvalue weighted by atomic mass is 16.3. The van der Waals surface area contributed by atoms with Crippen LogP contribution in [-0.2, 0) is 4.79 Å². The average molecular weight is 347 g/mol. The van der Waals surface area contributed by atoms with E-state index in [1.807, 2.05) is 12.1 Å². The summed E-state index contributed by atoms with van der Waals surface area (Å²) in [4.78, 5) is 15.1. The number of amides is 1. The van der Waals surface area contributed by atoms with E-state index in [4.69, 9.17) is 4.42 Å². The lowest BCUT2D eigenvalue weighted by Crippen LogP contribution is -2.40. The number of furan rings is 1. The Labute approximate surface area is 152 Å². The highest BCUT2D eigenvalue weighted by Gasteiger charge is 2.29. The van der Waals surface area contributed by atoms with E-state index in [0.717, 1.165) is 37.6 Å². The van der Waals surface area contributed by atoms with Crippen molar-refractivity contribution in [1.29, 1.82) is 0 Å². The molecule has 140 valence electrons. The largest absolute Gasteiger partial charge is 0.468 e. The SMILES string of the molecule is CCCCC1CCC(C(=O)NC[C@H](c2ccco2)N2CCCC2)CC1. The van der Waals surface area contributed by atoms with Gasteiger partial charge < -0.3 is 9.73 Å². The van der Waals surface area contributed by atoms with Gasteiger partial charge in [-0.15, -0.1) is 0 Å². The topological polar surface area (TPSA) is 45.5 Å². The molecular weight excluding hydrogens is 312 g/mol. The van der Waals surface area contributed by atoms with E-state index in [1.54, 1.807) is 6.26 Å². The zero-order valence-corrected chi connectivity index (χ0v) is 15.7. The summed E-state index contributed by atoms with van der Waals surface area (Å²) < 4.78 is 5.64. The van der Waals surface area contributed by atoms with Crippen LogP contribution in [0.4, 0.5) is 0 Å². The Balaban J connectivity index is 1.47. The van der Waals surface area contributed by atoms with Crippen LogP contribution in [-0.4, -0.2) is 30.4 Å². The van der Waals surface area contributed by atoms with Crippen molar-refractivity contribution in [3.8, 4) is 0 Å². The van der Waals surface area contributed by atoms with Gasteiger partial charge in [-0.2, -0.15) is 0 Å². The second-order valence-electron chi connectivity index (χ2n) is 7.88.